The highest BCUT2D eigenvalue weighted by atomic mass is 35.5. The Morgan fingerprint density at radius 3 is 2.43 bits per heavy atom. The smallest absolute Gasteiger partial charge is 0.260 e. The van der Waals surface area contributed by atoms with E-state index in [0.717, 1.165) is 11.1 Å². The number of amides is 2. The molecule has 3 N–H and O–H groups in total. The van der Waals surface area contributed by atoms with Gasteiger partial charge < -0.3 is 11.1 Å². The van der Waals surface area contributed by atoms with Crippen molar-refractivity contribution in [3.05, 3.63) is 81.1 Å². The van der Waals surface area contributed by atoms with Crippen molar-refractivity contribution in [3.63, 3.8) is 0 Å². The van der Waals surface area contributed by atoms with E-state index < -0.39 is 5.91 Å². The highest BCUT2D eigenvalue weighted by Crippen LogP contribution is 2.24. The average molecular weight is 417 g/mol. The molecule has 3 aromatic rings. The summed E-state index contributed by atoms with van der Waals surface area (Å²) in [6.45, 7) is 2.08. The van der Waals surface area contributed by atoms with Crippen LogP contribution in [0.25, 0.3) is 0 Å². The van der Waals surface area contributed by atoms with Gasteiger partial charge in [-0.3, -0.25) is 9.59 Å². The van der Waals surface area contributed by atoms with Crippen LogP contribution in [-0.2, 0) is 17.8 Å². The topological polar surface area (TPSA) is 90.0 Å². The predicted octanol–water partition coefficient (Wildman–Crippen LogP) is 3.83. The lowest BCUT2D eigenvalue weighted by molar-refractivity contribution is -0.117. The Labute approximate surface area is 172 Å². The van der Waals surface area contributed by atoms with Crippen molar-refractivity contribution >= 4 is 40.7 Å². The lowest BCUT2D eigenvalue weighted by Gasteiger charge is -2.07. The molecule has 3 rings (SSSR count). The summed E-state index contributed by atoms with van der Waals surface area (Å²) in [4.78, 5) is 23.7. The number of aromatic nitrogens is 2. The van der Waals surface area contributed by atoms with E-state index in [1.54, 1.807) is 41.9 Å². The summed E-state index contributed by atoms with van der Waals surface area (Å²) in [5.41, 5.74) is 8.19. The summed E-state index contributed by atoms with van der Waals surface area (Å²) in [5, 5.41) is 8.00. The van der Waals surface area contributed by atoms with Crippen molar-refractivity contribution in [1.82, 2.24) is 9.78 Å². The van der Waals surface area contributed by atoms with Crippen LogP contribution in [0.15, 0.2) is 48.5 Å². The van der Waals surface area contributed by atoms with E-state index in [9.17, 15) is 9.59 Å². The number of rotatable bonds is 6. The van der Waals surface area contributed by atoms with Crippen LogP contribution >= 0.6 is 23.2 Å². The normalized spacial score (nSPS) is 10.7. The minimum atomic E-state index is -0.412. The van der Waals surface area contributed by atoms with Gasteiger partial charge in [0, 0.05) is 10.7 Å². The number of primary amides is 1. The minimum Gasteiger partial charge on any atom is -0.369 e. The second-order valence-electron chi connectivity index (χ2n) is 6.29. The van der Waals surface area contributed by atoms with Gasteiger partial charge in [0.25, 0.3) is 5.91 Å². The predicted molar refractivity (Wildman–Crippen MR) is 110 cm³/mol. The van der Waals surface area contributed by atoms with Gasteiger partial charge in [-0.1, -0.05) is 53.5 Å². The maximum absolute atomic E-state index is 12.7. The largest absolute Gasteiger partial charge is 0.369 e. The van der Waals surface area contributed by atoms with Crippen LogP contribution in [-0.4, -0.2) is 21.6 Å². The molecule has 0 radical (unpaired) electrons. The molecule has 0 spiro atoms. The lowest BCUT2D eigenvalue weighted by Crippen LogP contribution is -2.14. The first kappa shape index (κ1) is 19.9. The SMILES string of the molecule is Cc1nn(Cc2ccccc2Cl)c(Cl)c1C(=O)Nc1ccc(CC(N)=O)cc1. The molecule has 0 unspecified atom stereocenters. The van der Waals surface area contributed by atoms with Crippen LogP contribution in [0.3, 0.4) is 0 Å². The van der Waals surface area contributed by atoms with E-state index >= 15 is 0 Å². The number of hydrogen-bond acceptors (Lipinski definition) is 3. The zero-order valence-corrected chi connectivity index (χ0v) is 16.6. The molecule has 0 aliphatic rings. The van der Waals surface area contributed by atoms with Gasteiger partial charge in [0.1, 0.15) is 5.15 Å². The average Bonchev–Trinajstić information content (AvgIpc) is 2.92. The van der Waals surface area contributed by atoms with Crippen LogP contribution in [0.1, 0.15) is 27.2 Å². The van der Waals surface area contributed by atoms with Gasteiger partial charge in [-0.15, -0.1) is 0 Å². The quantitative estimate of drug-likeness (QED) is 0.639. The number of benzene rings is 2. The third kappa shape index (κ3) is 4.52. The molecule has 6 nitrogen and oxygen atoms in total. The molecule has 2 amide bonds. The molecule has 0 aliphatic heterocycles. The molecule has 0 atom stereocenters. The summed E-state index contributed by atoms with van der Waals surface area (Å²) < 4.78 is 1.54. The highest BCUT2D eigenvalue weighted by molar-refractivity contribution is 6.34. The third-order valence-corrected chi connectivity index (χ3v) is 4.91. The van der Waals surface area contributed by atoms with Crippen molar-refractivity contribution in [1.29, 1.82) is 0 Å². The third-order valence-electron chi connectivity index (χ3n) is 4.16. The molecular formula is C20H18Cl2N4O2. The molecule has 2 aromatic carbocycles. The van der Waals surface area contributed by atoms with Crippen molar-refractivity contribution in [2.24, 2.45) is 5.73 Å². The molecule has 0 saturated heterocycles. The standard InChI is InChI=1S/C20H18Cl2N4O2/c1-12-18(19(22)26(25-12)11-14-4-2-3-5-16(14)21)20(28)24-15-8-6-13(7-9-15)10-17(23)27/h2-9H,10-11H2,1H3,(H2,23,27)(H,24,28). The monoisotopic (exact) mass is 416 g/mol. The lowest BCUT2D eigenvalue weighted by atomic mass is 10.1. The second kappa shape index (κ2) is 8.46. The molecule has 144 valence electrons. The minimum absolute atomic E-state index is 0.147. The summed E-state index contributed by atoms with van der Waals surface area (Å²) in [6.07, 6.45) is 0.147. The van der Waals surface area contributed by atoms with Crippen LogP contribution in [0.4, 0.5) is 5.69 Å². The fraction of sp³-hybridized carbons (Fsp3) is 0.150. The Hall–Kier alpha value is -2.83. The van der Waals surface area contributed by atoms with Gasteiger partial charge in [-0.05, 0) is 36.2 Å². The van der Waals surface area contributed by atoms with E-state index in [-0.39, 0.29) is 17.5 Å². The van der Waals surface area contributed by atoms with Crippen molar-refractivity contribution in [2.45, 2.75) is 19.9 Å². The molecule has 1 aromatic heterocycles. The first-order valence-electron chi connectivity index (χ1n) is 8.50. The summed E-state index contributed by atoms with van der Waals surface area (Å²) in [7, 11) is 0. The fourth-order valence-corrected chi connectivity index (χ4v) is 3.32. The molecular weight excluding hydrogens is 399 g/mol. The number of nitrogens with two attached hydrogens (primary N) is 1. The number of halogens is 2. The second-order valence-corrected chi connectivity index (χ2v) is 7.06. The maximum atomic E-state index is 12.7. The number of nitrogens with zero attached hydrogens (tertiary/aromatic N) is 2. The van der Waals surface area contributed by atoms with Crippen LogP contribution < -0.4 is 11.1 Å². The van der Waals surface area contributed by atoms with E-state index in [4.69, 9.17) is 28.9 Å². The number of carbonyl (C=O) groups excluding carboxylic acids is 2. The van der Waals surface area contributed by atoms with Crippen molar-refractivity contribution < 1.29 is 9.59 Å². The first-order chi connectivity index (χ1) is 13.3. The fourth-order valence-electron chi connectivity index (χ4n) is 2.80. The number of hydrogen-bond donors (Lipinski definition) is 2. The Balaban J connectivity index is 1.78. The zero-order valence-electron chi connectivity index (χ0n) is 15.1. The van der Waals surface area contributed by atoms with E-state index in [1.807, 2.05) is 18.2 Å². The van der Waals surface area contributed by atoms with Gasteiger partial charge in [-0.2, -0.15) is 5.10 Å². The van der Waals surface area contributed by atoms with E-state index in [0.29, 0.717) is 28.5 Å². The van der Waals surface area contributed by atoms with Crippen LogP contribution in [0.5, 0.6) is 0 Å². The number of nitrogens with one attached hydrogen (secondary N) is 1. The summed E-state index contributed by atoms with van der Waals surface area (Å²) in [5.74, 6) is -0.777. The van der Waals surface area contributed by atoms with Gasteiger partial charge >= 0.3 is 0 Å². The number of aryl methyl sites for hydroxylation is 1. The Kier molecular flexibility index (Phi) is 6.02. The van der Waals surface area contributed by atoms with Crippen molar-refractivity contribution in [3.8, 4) is 0 Å². The van der Waals surface area contributed by atoms with E-state index in [2.05, 4.69) is 10.4 Å². The molecule has 0 bridgehead atoms. The Morgan fingerprint density at radius 1 is 1.11 bits per heavy atom. The zero-order chi connectivity index (χ0) is 20.3. The van der Waals surface area contributed by atoms with Gasteiger partial charge in [-0.25, -0.2) is 4.68 Å². The number of carbonyl (C=O) groups is 2. The molecule has 28 heavy (non-hydrogen) atoms. The van der Waals surface area contributed by atoms with Gasteiger partial charge in [0.15, 0.2) is 0 Å². The maximum Gasteiger partial charge on any atom is 0.260 e. The van der Waals surface area contributed by atoms with Crippen LogP contribution in [0.2, 0.25) is 10.2 Å². The Bertz CT molecular complexity index is 1030. The number of anilines is 1. The molecule has 1 heterocycles. The Morgan fingerprint density at radius 2 is 1.79 bits per heavy atom. The summed E-state index contributed by atoms with van der Waals surface area (Å²) >= 11 is 12.6. The molecule has 8 heteroatoms. The first-order valence-corrected chi connectivity index (χ1v) is 9.25. The molecule has 0 saturated carbocycles. The van der Waals surface area contributed by atoms with Crippen LogP contribution in [0, 0.1) is 6.92 Å². The van der Waals surface area contributed by atoms with Gasteiger partial charge in [0.05, 0.1) is 24.2 Å². The molecule has 0 aliphatic carbocycles. The van der Waals surface area contributed by atoms with Crippen molar-refractivity contribution in [2.75, 3.05) is 5.32 Å². The molecule has 0 fully saturated rings. The van der Waals surface area contributed by atoms with E-state index in [1.165, 1.54) is 0 Å². The highest BCUT2D eigenvalue weighted by Gasteiger charge is 2.21. The van der Waals surface area contributed by atoms with Gasteiger partial charge in [0.2, 0.25) is 5.91 Å². The summed E-state index contributed by atoms with van der Waals surface area (Å²) in [6, 6.07) is 14.3.